The van der Waals surface area contributed by atoms with Crippen molar-refractivity contribution in [3.63, 3.8) is 0 Å². The van der Waals surface area contributed by atoms with Crippen molar-refractivity contribution in [2.45, 2.75) is 206 Å². The molecule has 0 saturated heterocycles. The fraction of sp³-hybridized carbons (Fsp3) is 1.00. The summed E-state index contributed by atoms with van der Waals surface area (Å²) >= 11 is 0. The van der Waals surface area contributed by atoms with Gasteiger partial charge in [0.25, 0.3) is 0 Å². The van der Waals surface area contributed by atoms with E-state index >= 15 is 0 Å². The minimum absolute atomic E-state index is 0.375. The maximum Gasteiger partial charge on any atom is 0.0431 e. The first kappa shape index (κ1) is 34.0. The van der Waals surface area contributed by atoms with Gasteiger partial charge in [-0.05, 0) is 6.42 Å². The van der Waals surface area contributed by atoms with Crippen molar-refractivity contribution < 1.29 is 5.11 Å². The van der Waals surface area contributed by atoms with Crippen LogP contribution >= 0.6 is 0 Å². The molecular weight excluding hydrogens is 412 g/mol. The van der Waals surface area contributed by atoms with Gasteiger partial charge in [-0.2, -0.15) is 0 Å². The van der Waals surface area contributed by atoms with E-state index in [1.165, 1.54) is 193 Å². The second-order valence-electron chi connectivity index (χ2n) is 11.3. The summed E-state index contributed by atoms with van der Waals surface area (Å²) in [6.07, 6.45) is 44.6. The summed E-state index contributed by atoms with van der Waals surface area (Å²) in [6.45, 7) is 2.68. The molecule has 0 bridgehead atoms. The van der Waals surface area contributed by atoms with Crippen molar-refractivity contribution in [3.8, 4) is 0 Å². The molecule has 0 aliphatic carbocycles. The Balaban J connectivity index is 2.99. The molecule has 1 nitrogen and oxygen atoms in total. The zero-order valence-electron chi connectivity index (χ0n) is 24.1. The summed E-state index contributed by atoms with van der Waals surface area (Å²) in [6, 6.07) is 0. The van der Waals surface area contributed by atoms with E-state index in [1.807, 2.05) is 0 Å². The third-order valence-corrected chi connectivity index (χ3v) is 7.76. The monoisotopic (exact) mass is 481 g/mol. The number of rotatable bonds is 31. The molecule has 0 heterocycles. The van der Waals surface area contributed by atoms with Gasteiger partial charge in [0.15, 0.2) is 0 Å². The first-order valence-corrected chi connectivity index (χ1v) is 16.5. The van der Waals surface area contributed by atoms with E-state index in [-0.39, 0.29) is 0 Å². The highest BCUT2D eigenvalue weighted by Crippen LogP contribution is 2.16. The summed E-state index contributed by atoms with van der Waals surface area (Å²) in [5.41, 5.74) is 0. The van der Waals surface area contributed by atoms with Crippen LogP contribution < -0.4 is 0 Å². The number of unbranched alkanes of at least 4 members (excludes halogenated alkanes) is 30. The standard InChI is InChI=1S/C33H68O/c1-2-3-4-5-6-7-8-9-10-11-12-13-14-15-16-17-18-19-20-21-22-23-24-25-26-27-28-29-30-31-32-33-34/h34H,2-33H2,1H3. The molecule has 0 amide bonds. The minimum atomic E-state index is 0.375. The lowest BCUT2D eigenvalue weighted by atomic mass is 10.0. The molecular formula is C33H68O. The Hall–Kier alpha value is -0.0400. The summed E-state index contributed by atoms with van der Waals surface area (Å²) in [5.74, 6) is 0. The van der Waals surface area contributed by atoms with Gasteiger partial charge in [0, 0.05) is 6.61 Å². The quantitative estimate of drug-likeness (QED) is 0.0978. The van der Waals surface area contributed by atoms with Crippen LogP contribution in [0.3, 0.4) is 0 Å². The van der Waals surface area contributed by atoms with Crippen molar-refractivity contribution in [1.29, 1.82) is 0 Å². The van der Waals surface area contributed by atoms with E-state index in [4.69, 9.17) is 5.11 Å². The van der Waals surface area contributed by atoms with Crippen LogP contribution in [-0.4, -0.2) is 11.7 Å². The molecule has 0 atom stereocenters. The van der Waals surface area contributed by atoms with Crippen LogP contribution in [0.25, 0.3) is 0 Å². The predicted octanol–water partition coefficient (Wildman–Crippen LogP) is 12.1. The lowest BCUT2D eigenvalue weighted by Crippen LogP contribution is -1.85. The molecule has 0 saturated carbocycles. The Morgan fingerprint density at radius 2 is 0.382 bits per heavy atom. The van der Waals surface area contributed by atoms with E-state index in [9.17, 15) is 0 Å². The Kier molecular flexibility index (Phi) is 32.9. The summed E-state index contributed by atoms with van der Waals surface area (Å²) in [4.78, 5) is 0. The van der Waals surface area contributed by atoms with Gasteiger partial charge in [-0.1, -0.05) is 200 Å². The van der Waals surface area contributed by atoms with Crippen LogP contribution in [0, 0.1) is 0 Å². The molecule has 0 aromatic carbocycles. The minimum Gasteiger partial charge on any atom is -0.396 e. The lowest BCUT2D eigenvalue weighted by Gasteiger charge is -2.04. The van der Waals surface area contributed by atoms with E-state index in [1.54, 1.807) is 0 Å². The fourth-order valence-corrected chi connectivity index (χ4v) is 5.31. The smallest absolute Gasteiger partial charge is 0.0431 e. The molecule has 0 rings (SSSR count). The Labute approximate surface area is 217 Å². The highest BCUT2D eigenvalue weighted by molar-refractivity contribution is 4.52. The van der Waals surface area contributed by atoms with Crippen LogP contribution in [0.5, 0.6) is 0 Å². The number of aliphatic hydroxyl groups is 1. The lowest BCUT2D eigenvalue weighted by molar-refractivity contribution is 0.282. The van der Waals surface area contributed by atoms with Crippen LogP contribution in [0.2, 0.25) is 0 Å². The van der Waals surface area contributed by atoms with Crippen LogP contribution in [0.1, 0.15) is 206 Å². The largest absolute Gasteiger partial charge is 0.396 e. The highest BCUT2D eigenvalue weighted by Gasteiger charge is 1.97. The van der Waals surface area contributed by atoms with Crippen LogP contribution in [-0.2, 0) is 0 Å². The Bertz CT molecular complexity index is 295. The second-order valence-corrected chi connectivity index (χ2v) is 11.3. The molecule has 34 heavy (non-hydrogen) atoms. The van der Waals surface area contributed by atoms with Gasteiger partial charge in [0.05, 0.1) is 0 Å². The molecule has 0 spiro atoms. The zero-order valence-corrected chi connectivity index (χ0v) is 24.1. The van der Waals surface area contributed by atoms with Gasteiger partial charge in [-0.3, -0.25) is 0 Å². The fourth-order valence-electron chi connectivity index (χ4n) is 5.31. The van der Waals surface area contributed by atoms with Gasteiger partial charge < -0.3 is 5.11 Å². The van der Waals surface area contributed by atoms with Crippen molar-refractivity contribution in [1.82, 2.24) is 0 Å². The second kappa shape index (κ2) is 33.0. The molecule has 1 heteroatoms. The van der Waals surface area contributed by atoms with Crippen molar-refractivity contribution in [3.05, 3.63) is 0 Å². The van der Waals surface area contributed by atoms with E-state index in [2.05, 4.69) is 6.92 Å². The van der Waals surface area contributed by atoms with Crippen molar-refractivity contribution in [2.75, 3.05) is 6.61 Å². The normalized spacial score (nSPS) is 11.5. The molecule has 1 N–H and O–H groups in total. The van der Waals surface area contributed by atoms with Gasteiger partial charge in [0.1, 0.15) is 0 Å². The molecule has 0 aromatic rings. The first-order valence-electron chi connectivity index (χ1n) is 16.5. The summed E-state index contributed by atoms with van der Waals surface area (Å²) < 4.78 is 0. The van der Waals surface area contributed by atoms with Gasteiger partial charge in [-0.15, -0.1) is 0 Å². The predicted molar refractivity (Wildman–Crippen MR) is 156 cm³/mol. The Morgan fingerprint density at radius 3 is 0.529 bits per heavy atom. The SMILES string of the molecule is CCCCCCCCCCCCCCCCCCCCCCCCCCCCCCCCCO. The topological polar surface area (TPSA) is 20.2 Å². The molecule has 0 fully saturated rings. The van der Waals surface area contributed by atoms with Crippen LogP contribution in [0.15, 0.2) is 0 Å². The average Bonchev–Trinajstić information content (AvgIpc) is 2.85. The molecule has 0 aliphatic rings. The maximum absolute atomic E-state index is 8.77. The van der Waals surface area contributed by atoms with Gasteiger partial charge in [0.2, 0.25) is 0 Å². The first-order chi connectivity index (χ1) is 16.9. The third kappa shape index (κ3) is 32.0. The highest BCUT2D eigenvalue weighted by atomic mass is 16.2. The van der Waals surface area contributed by atoms with E-state index < -0.39 is 0 Å². The average molecular weight is 481 g/mol. The number of aliphatic hydroxyl groups excluding tert-OH is 1. The maximum atomic E-state index is 8.77. The van der Waals surface area contributed by atoms with Crippen molar-refractivity contribution >= 4 is 0 Å². The molecule has 0 unspecified atom stereocenters. The molecule has 0 radical (unpaired) electrons. The van der Waals surface area contributed by atoms with E-state index in [0.29, 0.717) is 6.61 Å². The van der Waals surface area contributed by atoms with Gasteiger partial charge >= 0.3 is 0 Å². The third-order valence-electron chi connectivity index (χ3n) is 7.76. The number of hydrogen-bond donors (Lipinski definition) is 1. The van der Waals surface area contributed by atoms with Gasteiger partial charge in [-0.25, -0.2) is 0 Å². The molecule has 206 valence electrons. The summed E-state index contributed by atoms with van der Waals surface area (Å²) in [7, 11) is 0. The van der Waals surface area contributed by atoms with Crippen molar-refractivity contribution in [2.24, 2.45) is 0 Å². The van der Waals surface area contributed by atoms with Crippen LogP contribution in [0.4, 0.5) is 0 Å². The van der Waals surface area contributed by atoms with E-state index in [0.717, 1.165) is 6.42 Å². The number of hydrogen-bond acceptors (Lipinski definition) is 1. The molecule has 0 aliphatic heterocycles. The summed E-state index contributed by atoms with van der Waals surface area (Å²) in [5, 5.41) is 8.77. The zero-order chi connectivity index (χ0) is 24.6. The Morgan fingerprint density at radius 1 is 0.235 bits per heavy atom. The molecule has 0 aromatic heterocycles.